The number of benzene rings is 2. The van der Waals surface area contributed by atoms with E-state index in [0.29, 0.717) is 10.4 Å². The summed E-state index contributed by atoms with van der Waals surface area (Å²) in [6, 6.07) is 16.7. The van der Waals surface area contributed by atoms with Gasteiger partial charge in [0.05, 0.1) is 10.4 Å². The summed E-state index contributed by atoms with van der Waals surface area (Å²) in [5, 5.41) is 1.81. The monoisotopic (exact) mass is 312 g/mol. The molecule has 0 spiro atoms. The van der Waals surface area contributed by atoms with Crippen LogP contribution in [0.25, 0.3) is 16.5 Å². The molecule has 4 heteroatoms. The standard InChI is InChI=1S/C18H17ClN2O/c1-2-15(20)16-11-12-7-6-10-14(19)17(12)18(22)21(16)13-8-4-3-5-9-13/h3-11,15H,2,20H2,1H3. The summed E-state index contributed by atoms with van der Waals surface area (Å²) in [4.78, 5) is 13.0. The van der Waals surface area contributed by atoms with Crippen LogP contribution in [0.5, 0.6) is 0 Å². The van der Waals surface area contributed by atoms with Crippen molar-refractivity contribution in [1.82, 2.24) is 4.57 Å². The van der Waals surface area contributed by atoms with Gasteiger partial charge < -0.3 is 5.73 Å². The van der Waals surface area contributed by atoms with Gasteiger partial charge in [0.1, 0.15) is 0 Å². The Morgan fingerprint density at radius 2 is 1.86 bits per heavy atom. The van der Waals surface area contributed by atoms with Crippen molar-refractivity contribution in [3.63, 3.8) is 0 Å². The molecule has 1 atom stereocenters. The van der Waals surface area contributed by atoms with Crippen LogP contribution in [-0.4, -0.2) is 4.57 Å². The summed E-state index contributed by atoms with van der Waals surface area (Å²) in [5.41, 5.74) is 7.71. The zero-order valence-corrected chi connectivity index (χ0v) is 13.0. The van der Waals surface area contributed by atoms with Crippen LogP contribution in [-0.2, 0) is 0 Å². The first-order valence-corrected chi connectivity index (χ1v) is 7.66. The highest BCUT2D eigenvalue weighted by Crippen LogP contribution is 2.25. The lowest BCUT2D eigenvalue weighted by molar-refractivity contribution is 0.650. The maximum Gasteiger partial charge on any atom is 0.264 e. The summed E-state index contributed by atoms with van der Waals surface area (Å²) < 4.78 is 1.67. The molecule has 0 radical (unpaired) electrons. The van der Waals surface area contributed by atoms with Gasteiger partial charge in [-0.3, -0.25) is 9.36 Å². The minimum Gasteiger partial charge on any atom is -0.323 e. The van der Waals surface area contributed by atoms with Crippen LogP contribution >= 0.6 is 11.6 Å². The molecule has 3 aromatic rings. The van der Waals surface area contributed by atoms with Gasteiger partial charge in [-0.25, -0.2) is 0 Å². The number of hydrogen-bond donors (Lipinski definition) is 1. The van der Waals surface area contributed by atoms with E-state index < -0.39 is 0 Å². The number of nitrogens with zero attached hydrogens (tertiary/aromatic N) is 1. The van der Waals surface area contributed by atoms with Crippen LogP contribution in [0.15, 0.2) is 59.4 Å². The van der Waals surface area contributed by atoms with E-state index in [2.05, 4.69) is 0 Å². The van der Waals surface area contributed by atoms with Gasteiger partial charge in [-0.2, -0.15) is 0 Å². The fourth-order valence-electron chi connectivity index (χ4n) is 2.67. The normalized spacial score (nSPS) is 12.5. The predicted molar refractivity (Wildman–Crippen MR) is 91.8 cm³/mol. The van der Waals surface area contributed by atoms with Gasteiger partial charge in [0.2, 0.25) is 0 Å². The van der Waals surface area contributed by atoms with Crippen molar-refractivity contribution in [3.8, 4) is 5.69 Å². The smallest absolute Gasteiger partial charge is 0.264 e. The Morgan fingerprint density at radius 3 is 2.55 bits per heavy atom. The first-order valence-electron chi connectivity index (χ1n) is 7.28. The average molecular weight is 313 g/mol. The molecule has 0 aliphatic heterocycles. The van der Waals surface area contributed by atoms with Crippen LogP contribution in [0.1, 0.15) is 25.1 Å². The van der Waals surface area contributed by atoms with Crippen molar-refractivity contribution in [2.24, 2.45) is 5.73 Å². The average Bonchev–Trinajstić information content (AvgIpc) is 2.54. The van der Waals surface area contributed by atoms with Gasteiger partial charge in [-0.15, -0.1) is 0 Å². The van der Waals surface area contributed by atoms with Crippen LogP contribution in [0.2, 0.25) is 5.02 Å². The van der Waals surface area contributed by atoms with E-state index in [1.807, 2.05) is 55.5 Å². The number of hydrogen-bond acceptors (Lipinski definition) is 2. The van der Waals surface area contributed by atoms with Crippen LogP contribution < -0.4 is 11.3 Å². The zero-order valence-electron chi connectivity index (χ0n) is 12.3. The molecular weight excluding hydrogens is 296 g/mol. The van der Waals surface area contributed by atoms with E-state index in [1.165, 1.54) is 0 Å². The van der Waals surface area contributed by atoms with Crippen molar-refractivity contribution in [3.05, 3.63) is 75.7 Å². The van der Waals surface area contributed by atoms with Gasteiger partial charge in [-0.05, 0) is 36.1 Å². The van der Waals surface area contributed by atoms with E-state index in [1.54, 1.807) is 10.6 Å². The molecule has 0 aliphatic rings. The van der Waals surface area contributed by atoms with Crippen LogP contribution in [0, 0.1) is 0 Å². The maximum absolute atomic E-state index is 13.0. The summed E-state index contributed by atoms with van der Waals surface area (Å²) in [5.74, 6) is 0. The third-order valence-electron chi connectivity index (χ3n) is 3.86. The highest BCUT2D eigenvalue weighted by atomic mass is 35.5. The lowest BCUT2D eigenvalue weighted by atomic mass is 10.1. The zero-order chi connectivity index (χ0) is 15.7. The Balaban J connectivity index is 2.44. The fraction of sp³-hybridized carbons (Fsp3) is 0.167. The van der Waals surface area contributed by atoms with Crippen LogP contribution in [0.4, 0.5) is 0 Å². The van der Waals surface area contributed by atoms with E-state index in [-0.39, 0.29) is 11.6 Å². The number of aromatic nitrogens is 1. The SMILES string of the molecule is CCC(N)c1cc2cccc(Cl)c2c(=O)n1-c1ccccc1. The topological polar surface area (TPSA) is 48.0 Å². The van der Waals surface area contributed by atoms with Crippen molar-refractivity contribution >= 4 is 22.4 Å². The largest absolute Gasteiger partial charge is 0.323 e. The molecule has 3 nitrogen and oxygen atoms in total. The Bertz CT molecular complexity index is 871. The summed E-state index contributed by atoms with van der Waals surface area (Å²) in [6.07, 6.45) is 0.748. The highest BCUT2D eigenvalue weighted by Gasteiger charge is 2.16. The number of rotatable bonds is 3. The Labute approximate surface area is 133 Å². The molecule has 0 saturated heterocycles. The molecule has 0 fully saturated rings. The molecule has 2 N–H and O–H groups in total. The van der Waals surface area contributed by atoms with Gasteiger partial charge >= 0.3 is 0 Å². The molecule has 22 heavy (non-hydrogen) atoms. The van der Waals surface area contributed by atoms with Gasteiger partial charge in [0.25, 0.3) is 5.56 Å². The van der Waals surface area contributed by atoms with E-state index in [4.69, 9.17) is 17.3 Å². The second-order valence-electron chi connectivity index (χ2n) is 5.26. The highest BCUT2D eigenvalue weighted by molar-refractivity contribution is 6.35. The minimum atomic E-state index is -0.212. The summed E-state index contributed by atoms with van der Waals surface area (Å²) in [6.45, 7) is 2.01. The molecule has 1 aromatic heterocycles. The van der Waals surface area contributed by atoms with Crippen molar-refractivity contribution < 1.29 is 0 Å². The lowest BCUT2D eigenvalue weighted by Crippen LogP contribution is -2.26. The van der Waals surface area contributed by atoms with Gasteiger partial charge in [0.15, 0.2) is 0 Å². The predicted octanol–water partition coefficient (Wildman–Crippen LogP) is 4.05. The molecule has 0 amide bonds. The summed E-state index contributed by atoms with van der Waals surface area (Å²) in [7, 11) is 0. The Morgan fingerprint density at radius 1 is 1.14 bits per heavy atom. The number of fused-ring (bicyclic) bond motifs is 1. The number of nitrogens with two attached hydrogens (primary N) is 1. The molecule has 0 aliphatic carbocycles. The van der Waals surface area contributed by atoms with E-state index in [0.717, 1.165) is 23.2 Å². The number of para-hydroxylation sites is 1. The third kappa shape index (κ3) is 2.43. The molecule has 2 aromatic carbocycles. The molecule has 0 saturated carbocycles. The Kier molecular flexibility index (Phi) is 4.01. The third-order valence-corrected chi connectivity index (χ3v) is 4.17. The second-order valence-corrected chi connectivity index (χ2v) is 5.67. The first kappa shape index (κ1) is 14.8. The van der Waals surface area contributed by atoms with Gasteiger partial charge in [-0.1, -0.05) is 48.9 Å². The second kappa shape index (κ2) is 5.95. The van der Waals surface area contributed by atoms with Gasteiger partial charge in [0, 0.05) is 17.4 Å². The summed E-state index contributed by atoms with van der Waals surface area (Å²) >= 11 is 6.24. The van der Waals surface area contributed by atoms with Crippen molar-refractivity contribution in [2.45, 2.75) is 19.4 Å². The quantitative estimate of drug-likeness (QED) is 0.793. The lowest BCUT2D eigenvalue weighted by Gasteiger charge is -2.19. The fourth-order valence-corrected chi connectivity index (χ4v) is 2.93. The molecule has 3 rings (SSSR count). The first-order chi connectivity index (χ1) is 10.6. The molecule has 1 heterocycles. The molecule has 0 bridgehead atoms. The maximum atomic E-state index is 13.0. The number of halogens is 1. The van der Waals surface area contributed by atoms with Crippen LogP contribution in [0.3, 0.4) is 0 Å². The molecule has 112 valence electrons. The molecule has 1 unspecified atom stereocenters. The van der Waals surface area contributed by atoms with E-state index >= 15 is 0 Å². The minimum absolute atomic E-state index is 0.131. The molecular formula is C18H17ClN2O. The van der Waals surface area contributed by atoms with Crippen molar-refractivity contribution in [2.75, 3.05) is 0 Å². The number of pyridine rings is 1. The Hall–Kier alpha value is -2.10. The van der Waals surface area contributed by atoms with E-state index in [9.17, 15) is 4.79 Å². The van der Waals surface area contributed by atoms with Crippen molar-refractivity contribution in [1.29, 1.82) is 0 Å².